The lowest BCUT2D eigenvalue weighted by Crippen LogP contribution is -2.42. The highest BCUT2D eigenvalue weighted by Crippen LogP contribution is 2.11. The Labute approximate surface area is 152 Å². The Morgan fingerprint density at radius 2 is 1.92 bits per heavy atom. The normalized spacial score (nSPS) is 11.8. The molecule has 25 heavy (non-hydrogen) atoms. The molecule has 132 valence electrons. The Morgan fingerprint density at radius 3 is 2.56 bits per heavy atom. The van der Waals surface area contributed by atoms with Crippen molar-refractivity contribution in [1.29, 1.82) is 0 Å². The summed E-state index contributed by atoms with van der Waals surface area (Å²) in [6.45, 7) is 4.13. The number of nitrogens with zero attached hydrogens (tertiary/aromatic N) is 1. The number of aromatic nitrogens is 1. The van der Waals surface area contributed by atoms with Gasteiger partial charge in [0.15, 0.2) is 0 Å². The summed E-state index contributed by atoms with van der Waals surface area (Å²) < 4.78 is 5.36. The average molecular weight is 361 g/mol. The molecule has 0 unspecified atom stereocenters. The summed E-state index contributed by atoms with van der Waals surface area (Å²) in [5.74, 6) is -0.617. The van der Waals surface area contributed by atoms with E-state index in [9.17, 15) is 9.59 Å². The number of carbonyl (C=O) groups excluding carboxylic acids is 2. The van der Waals surface area contributed by atoms with Crippen LogP contribution < -0.4 is 5.32 Å². The van der Waals surface area contributed by atoms with E-state index in [1.807, 2.05) is 44.2 Å². The molecule has 0 saturated carbocycles. The second-order valence-corrected chi connectivity index (χ2v) is 6.50. The second kappa shape index (κ2) is 9.18. The smallest absolute Gasteiger partial charge is 0.328 e. The Bertz CT molecular complexity index is 720. The van der Waals surface area contributed by atoms with E-state index >= 15 is 0 Å². The number of halogens is 1. The van der Waals surface area contributed by atoms with E-state index in [-0.39, 0.29) is 23.6 Å². The molecule has 1 amide bonds. The highest BCUT2D eigenvalue weighted by Gasteiger charge is 2.24. The van der Waals surface area contributed by atoms with Crippen LogP contribution >= 0.6 is 11.6 Å². The summed E-state index contributed by atoms with van der Waals surface area (Å²) in [7, 11) is 0. The molecule has 0 saturated heterocycles. The quantitative estimate of drug-likeness (QED) is 0.604. The fourth-order valence-electron chi connectivity index (χ4n) is 2.30. The number of esters is 1. The third kappa shape index (κ3) is 6.19. The van der Waals surface area contributed by atoms with Gasteiger partial charge in [-0.15, -0.1) is 0 Å². The first-order valence-electron chi connectivity index (χ1n) is 8.08. The van der Waals surface area contributed by atoms with Crippen LogP contribution in [0.1, 0.15) is 36.2 Å². The van der Waals surface area contributed by atoms with Gasteiger partial charge in [-0.25, -0.2) is 9.78 Å². The molecule has 0 aliphatic rings. The SMILES string of the molecule is CC(C)C[C@H](NC(=O)c1ccnc(Cl)c1)C(=O)OCc1ccccc1. The summed E-state index contributed by atoms with van der Waals surface area (Å²) in [5.41, 5.74) is 1.25. The maximum absolute atomic E-state index is 12.4. The highest BCUT2D eigenvalue weighted by atomic mass is 35.5. The van der Waals surface area contributed by atoms with Gasteiger partial charge < -0.3 is 10.1 Å². The summed E-state index contributed by atoms with van der Waals surface area (Å²) in [4.78, 5) is 28.6. The molecule has 0 aliphatic carbocycles. The van der Waals surface area contributed by atoms with Gasteiger partial charge in [0.25, 0.3) is 5.91 Å². The lowest BCUT2D eigenvalue weighted by Gasteiger charge is -2.19. The zero-order chi connectivity index (χ0) is 18.2. The Morgan fingerprint density at radius 1 is 1.20 bits per heavy atom. The number of pyridine rings is 1. The molecule has 0 fully saturated rings. The van der Waals surface area contributed by atoms with Crippen molar-refractivity contribution in [2.75, 3.05) is 0 Å². The van der Waals surface area contributed by atoms with Crippen molar-refractivity contribution in [3.63, 3.8) is 0 Å². The Kier molecular flexibility index (Phi) is 6.95. The van der Waals surface area contributed by atoms with Crippen LogP contribution in [0.4, 0.5) is 0 Å². The number of hydrogen-bond acceptors (Lipinski definition) is 4. The minimum absolute atomic E-state index is 0.172. The Balaban J connectivity index is 2.01. The fourth-order valence-corrected chi connectivity index (χ4v) is 2.47. The zero-order valence-electron chi connectivity index (χ0n) is 14.2. The molecule has 1 N–H and O–H groups in total. The van der Waals surface area contributed by atoms with Crippen LogP contribution in [-0.2, 0) is 16.1 Å². The topological polar surface area (TPSA) is 68.3 Å². The van der Waals surface area contributed by atoms with Crippen molar-refractivity contribution in [3.05, 3.63) is 64.9 Å². The van der Waals surface area contributed by atoms with Gasteiger partial charge in [0.05, 0.1) is 0 Å². The standard InChI is InChI=1S/C19H21ClN2O3/c1-13(2)10-16(19(24)25-12-14-6-4-3-5-7-14)22-18(23)15-8-9-21-17(20)11-15/h3-9,11,13,16H,10,12H2,1-2H3,(H,22,23)/t16-/m0/s1. The molecule has 0 spiro atoms. The van der Waals surface area contributed by atoms with Crippen molar-refractivity contribution in [3.8, 4) is 0 Å². The molecule has 5 nitrogen and oxygen atoms in total. The van der Waals surface area contributed by atoms with Crippen molar-refractivity contribution in [2.45, 2.75) is 32.9 Å². The number of carbonyl (C=O) groups is 2. The molecule has 2 aromatic rings. The van der Waals surface area contributed by atoms with Gasteiger partial charge in [-0.05, 0) is 30.0 Å². The molecule has 1 aromatic heterocycles. The largest absolute Gasteiger partial charge is 0.459 e. The molecule has 6 heteroatoms. The lowest BCUT2D eigenvalue weighted by atomic mass is 10.0. The van der Waals surface area contributed by atoms with E-state index in [0.29, 0.717) is 12.0 Å². The monoisotopic (exact) mass is 360 g/mol. The van der Waals surface area contributed by atoms with Crippen LogP contribution in [0.5, 0.6) is 0 Å². The summed E-state index contributed by atoms with van der Waals surface area (Å²) in [5, 5.41) is 2.95. The molecule has 0 radical (unpaired) electrons. The first kappa shape index (κ1) is 18.9. The lowest BCUT2D eigenvalue weighted by molar-refractivity contribution is -0.147. The van der Waals surface area contributed by atoms with Gasteiger partial charge in [-0.1, -0.05) is 55.8 Å². The maximum Gasteiger partial charge on any atom is 0.328 e. The number of benzene rings is 1. The second-order valence-electron chi connectivity index (χ2n) is 6.12. The van der Waals surface area contributed by atoms with E-state index in [2.05, 4.69) is 10.3 Å². The number of hydrogen-bond donors (Lipinski definition) is 1. The van der Waals surface area contributed by atoms with Crippen LogP contribution in [0.15, 0.2) is 48.7 Å². The van der Waals surface area contributed by atoms with Gasteiger partial charge in [0.2, 0.25) is 0 Å². The number of nitrogens with one attached hydrogen (secondary N) is 1. The van der Waals surface area contributed by atoms with Crippen LogP contribution in [0.3, 0.4) is 0 Å². The third-order valence-corrected chi connectivity index (χ3v) is 3.72. The minimum Gasteiger partial charge on any atom is -0.459 e. The van der Waals surface area contributed by atoms with Crippen molar-refractivity contribution in [1.82, 2.24) is 10.3 Å². The number of rotatable bonds is 7. The van der Waals surface area contributed by atoms with Gasteiger partial charge in [-0.2, -0.15) is 0 Å². The van der Waals surface area contributed by atoms with Crippen molar-refractivity contribution >= 4 is 23.5 Å². The number of amides is 1. The summed E-state index contributed by atoms with van der Waals surface area (Å²) in [6.07, 6.45) is 1.93. The van der Waals surface area contributed by atoms with Crippen molar-refractivity contribution < 1.29 is 14.3 Å². The van der Waals surface area contributed by atoms with Gasteiger partial charge >= 0.3 is 5.97 Å². The summed E-state index contributed by atoms with van der Waals surface area (Å²) >= 11 is 5.81. The Hall–Kier alpha value is -2.40. The van der Waals surface area contributed by atoms with E-state index in [1.54, 1.807) is 6.07 Å². The van der Waals surface area contributed by atoms with Crippen LogP contribution in [-0.4, -0.2) is 22.9 Å². The minimum atomic E-state index is -0.719. The van der Waals surface area contributed by atoms with E-state index in [0.717, 1.165) is 5.56 Å². The van der Waals surface area contributed by atoms with Crippen LogP contribution in [0, 0.1) is 5.92 Å². The molecular weight excluding hydrogens is 340 g/mol. The van der Waals surface area contributed by atoms with E-state index in [1.165, 1.54) is 12.3 Å². The molecule has 0 bridgehead atoms. The zero-order valence-corrected chi connectivity index (χ0v) is 15.0. The average Bonchev–Trinajstić information content (AvgIpc) is 2.59. The summed E-state index contributed by atoms with van der Waals surface area (Å²) in [6, 6.07) is 11.7. The fraction of sp³-hybridized carbons (Fsp3) is 0.316. The van der Waals surface area contributed by atoms with Gasteiger partial charge in [-0.3, -0.25) is 4.79 Å². The van der Waals surface area contributed by atoms with Crippen LogP contribution in [0.2, 0.25) is 5.15 Å². The molecule has 1 aromatic carbocycles. The molecule has 1 heterocycles. The molecule has 1 atom stereocenters. The molecule has 0 aliphatic heterocycles. The molecular formula is C19H21ClN2O3. The number of ether oxygens (including phenoxy) is 1. The van der Waals surface area contributed by atoms with Crippen molar-refractivity contribution in [2.24, 2.45) is 5.92 Å². The third-order valence-electron chi connectivity index (χ3n) is 3.51. The predicted molar refractivity (Wildman–Crippen MR) is 96.2 cm³/mol. The first-order chi connectivity index (χ1) is 12.0. The first-order valence-corrected chi connectivity index (χ1v) is 8.46. The van der Waals surface area contributed by atoms with Gasteiger partial charge in [0.1, 0.15) is 17.8 Å². The van der Waals surface area contributed by atoms with E-state index in [4.69, 9.17) is 16.3 Å². The van der Waals surface area contributed by atoms with Crippen LogP contribution in [0.25, 0.3) is 0 Å². The van der Waals surface area contributed by atoms with Gasteiger partial charge in [0, 0.05) is 11.8 Å². The predicted octanol–water partition coefficient (Wildman–Crippen LogP) is 3.62. The highest BCUT2D eigenvalue weighted by molar-refractivity contribution is 6.29. The molecule has 2 rings (SSSR count). The van der Waals surface area contributed by atoms with E-state index < -0.39 is 12.0 Å². The maximum atomic E-state index is 12.4.